The molecule has 0 radical (unpaired) electrons. The summed E-state index contributed by atoms with van der Waals surface area (Å²) in [6, 6.07) is 7.87. The molecular weight excluding hydrogens is 432 g/mol. The van der Waals surface area contributed by atoms with Crippen molar-refractivity contribution < 1.29 is 18.6 Å². The predicted octanol–water partition coefficient (Wildman–Crippen LogP) is 4.60. The third-order valence-electron chi connectivity index (χ3n) is 6.36. The van der Waals surface area contributed by atoms with Gasteiger partial charge in [-0.25, -0.2) is 8.42 Å². The van der Waals surface area contributed by atoms with Crippen LogP contribution >= 0.6 is 0 Å². The van der Waals surface area contributed by atoms with Crippen LogP contribution in [0.2, 0.25) is 0 Å². The first-order chi connectivity index (χ1) is 15.6. The number of fused-ring (bicyclic) bond motifs is 2. The van der Waals surface area contributed by atoms with Crippen molar-refractivity contribution in [1.82, 2.24) is 0 Å². The highest BCUT2D eigenvalue weighted by Crippen LogP contribution is 2.38. The van der Waals surface area contributed by atoms with Crippen LogP contribution < -0.4 is 10.4 Å². The lowest BCUT2D eigenvalue weighted by Crippen LogP contribution is -2.32. The summed E-state index contributed by atoms with van der Waals surface area (Å²) in [6.07, 6.45) is 9.97. The molecule has 0 saturated carbocycles. The summed E-state index contributed by atoms with van der Waals surface area (Å²) in [6.45, 7) is 9.88. The third-order valence-corrected chi connectivity index (χ3v) is 8.18. The molecule has 0 bridgehead atoms. The second kappa shape index (κ2) is 8.23. The molecule has 4 rings (SSSR count). The molecule has 0 amide bonds. The smallest absolute Gasteiger partial charge is 0.213 e. The van der Waals surface area contributed by atoms with E-state index in [1.807, 2.05) is 32.1 Å². The Morgan fingerprint density at radius 1 is 0.818 bits per heavy atom. The molecule has 170 valence electrons. The Bertz CT molecular complexity index is 1510. The molecule has 0 heterocycles. The summed E-state index contributed by atoms with van der Waals surface area (Å²) in [7, 11) is -4.17. The number of phenolic OH excluding ortho intramolecular Hbond substituents is 2. The van der Waals surface area contributed by atoms with Gasteiger partial charge < -0.3 is 10.2 Å². The summed E-state index contributed by atoms with van der Waals surface area (Å²) in [5.41, 5.74) is 5.15. The van der Waals surface area contributed by atoms with Crippen LogP contribution in [0, 0.1) is 12.8 Å². The molecule has 0 atom stereocenters. The van der Waals surface area contributed by atoms with Gasteiger partial charge in [-0.15, -0.1) is 0 Å². The number of hydrogen-bond acceptors (Lipinski definition) is 4. The van der Waals surface area contributed by atoms with Gasteiger partial charge in [-0.2, -0.15) is 0 Å². The molecule has 2 aliphatic rings. The fourth-order valence-corrected chi connectivity index (χ4v) is 5.89. The number of phenols is 2. The third kappa shape index (κ3) is 3.66. The average Bonchev–Trinajstić information content (AvgIpc) is 3.03. The summed E-state index contributed by atoms with van der Waals surface area (Å²) >= 11 is 0. The normalized spacial score (nSPS) is 15.9. The van der Waals surface area contributed by atoms with Crippen LogP contribution in [-0.2, 0) is 9.84 Å². The van der Waals surface area contributed by atoms with Gasteiger partial charge in [-0.1, -0.05) is 62.4 Å². The van der Waals surface area contributed by atoms with E-state index in [-0.39, 0.29) is 4.90 Å². The van der Waals surface area contributed by atoms with Crippen LogP contribution in [0.15, 0.2) is 86.7 Å². The fourth-order valence-electron chi connectivity index (χ4n) is 4.38. The zero-order valence-electron chi connectivity index (χ0n) is 19.5. The highest BCUT2D eigenvalue weighted by molar-refractivity contribution is 7.91. The first kappa shape index (κ1) is 22.9. The summed E-state index contributed by atoms with van der Waals surface area (Å²) < 4.78 is 27.0. The van der Waals surface area contributed by atoms with E-state index < -0.39 is 26.2 Å². The molecule has 0 fully saturated rings. The van der Waals surface area contributed by atoms with Gasteiger partial charge in [0.15, 0.2) is 4.90 Å². The van der Waals surface area contributed by atoms with Gasteiger partial charge in [0.05, 0.1) is 4.90 Å². The van der Waals surface area contributed by atoms with Crippen molar-refractivity contribution in [1.29, 1.82) is 0 Å². The number of allylic oxidation sites excluding steroid dienone is 8. The molecule has 0 unspecified atom stereocenters. The average molecular weight is 461 g/mol. The largest absolute Gasteiger partial charge is 0.506 e. The number of benzene rings is 2. The van der Waals surface area contributed by atoms with Crippen LogP contribution in [-0.4, -0.2) is 18.6 Å². The fraction of sp³-hybridized carbons (Fsp3) is 0.214. The zero-order valence-corrected chi connectivity index (χ0v) is 20.3. The topological polar surface area (TPSA) is 74.6 Å². The Morgan fingerprint density at radius 3 is 2.09 bits per heavy atom. The number of hydrogen-bond donors (Lipinski definition) is 2. The standard InChI is InChI=1S/C28H28O4S/c1-16(2)20-13-11-18(4)24-23(15-20)17(3)12-14-22-19(5)26(29)28(27(30)25(22)24)33(31,32)21-9-7-6-8-10-21/h6-16,29-30H,1-5H3. The Morgan fingerprint density at radius 2 is 1.45 bits per heavy atom. The minimum atomic E-state index is -4.17. The van der Waals surface area contributed by atoms with Crippen molar-refractivity contribution in [3.8, 4) is 11.5 Å². The number of aromatic hydroxyl groups is 2. The minimum Gasteiger partial charge on any atom is -0.506 e. The van der Waals surface area contributed by atoms with E-state index in [2.05, 4.69) is 26.0 Å². The maximum Gasteiger partial charge on any atom is 0.213 e. The molecule has 0 aromatic heterocycles. The molecule has 2 aliphatic carbocycles. The zero-order chi connectivity index (χ0) is 24.1. The van der Waals surface area contributed by atoms with Gasteiger partial charge in [0.1, 0.15) is 11.5 Å². The minimum absolute atomic E-state index is 0.0134. The van der Waals surface area contributed by atoms with Gasteiger partial charge in [0.25, 0.3) is 0 Å². The predicted molar refractivity (Wildman–Crippen MR) is 132 cm³/mol. The summed E-state index contributed by atoms with van der Waals surface area (Å²) in [5.74, 6) is -0.566. The number of rotatable bonds is 3. The molecule has 2 N–H and O–H groups in total. The lowest BCUT2D eigenvalue weighted by atomic mass is 9.90. The maximum atomic E-state index is 13.5. The molecule has 33 heavy (non-hydrogen) atoms. The Hall–Kier alpha value is -3.31. The van der Waals surface area contributed by atoms with Crippen molar-refractivity contribution in [3.63, 3.8) is 0 Å². The molecule has 0 saturated heterocycles. The van der Waals surface area contributed by atoms with E-state index in [1.54, 1.807) is 25.1 Å². The van der Waals surface area contributed by atoms with E-state index >= 15 is 0 Å². The number of sulfone groups is 1. The SMILES string of the molecule is CC1=CC=c2c(C)c(O)c(S(=O)(=O)c3ccccc3)c(O)c2=C2C(C)=CC=C(C(C)C)C=C12. The highest BCUT2D eigenvalue weighted by Gasteiger charge is 2.30. The van der Waals surface area contributed by atoms with Crippen molar-refractivity contribution in [2.45, 2.75) is 44.4 Å². The Labute approximate surface area is 194 Å². The Balaban J connectivity index is 2.22. The molecule has 2 aromatic rings. The molecular formula is C28H28O4S. The van der Waals surface area contributed by atoms with Crippen LogP contribution in [0.5, 0.6) is 11.5 Å². The van der Waals surface area contributed by atoms with E-state index in [1.165, 1.54) is 12.1 Å². The molecule has 2 aromatic carbocycles. The van der Waals surface area contributed by atoms with Gasteiger partial charge >= 0.3 is 0 Å². The lowest BCUT2D eigenvalue weighted by Gasteiger charge is -2.17. The van der Waals surface area contributed by atoms with E-state index in [4.69, 9.17) is 0 Å². The maximum absolute atomic E-state index is 13.5. The van der Waals surface area contributed by atoms with Gasteiger partial charge in [0.2, 0.25) is 9.84 Å². The second-order valence-corrected chi connectivity index (χ2v) is 10.8. The molecule has 5 heteroatoms. The highest BCUT2D eigenvalue weighted by atomic mass is 32.2. The van der Waals surface area contributed by atoms with Crippen LogP contribution in [0.4, 0.5) is 0 Å². The first-order valence-corrected chi connectivity index (χ1v) is 12.4. The molecule has 0 aliphatic heterocycles. The van der Waals surface area contributed by atoms with Crippen LogP contribution in [0.25, 0.3) is 11.6 Å². The van der Waals surface area contributed by atoms with Crippen LogP contribution in [0.3, 0.4) is 0 Å². The van der Waals surface area contributed by atoms with Crippen LogP contribution in [0.1, 0.15) is 33.3 Å². The van der Waals surface area contributed by atoms with Gasteiger partial charge in [-0.05, 0) is 71.9 Å². The van der Waals surface area contributed by atoms with Crippen molar-refractivity contribution in [3.05, 3.63) is 92.9 Å². The van der Waals surface area contributed by atoms with Gasteiger partial charge in [0, 0.05) is 10.8 Å². The summed E-state index contributed by atoms with van der Waals surface area (Å²) in [5, 5.41) is 23.5. The molecule has 0 spiro atoms. The lowest BCUT2D eigenvalue weighted by molar-refractivity contribution is 0.416. The molecule has 4 nitrogen and oxygen atoms in total. The van der Waals surface area contributed by atoms with E-state index in [9.17, 15) is 18.6 Å². The Kier molecular flexibility index (Phi) is 5.71. The van der Waals surface area contributed by atoms with Crippen molar-refractivity contribution >= 4 is 21.5 Å². The van der Waals surface area contributed by atoms with Crippen molar-refractivity contribution in [2.24, 2.45) is 5.92 Å². The van der Waals surface area contributed by atoms with Gasteiger partial charge in [-0.3, -0.25) is 0 Å². The van der Waals surface area contributed by atoms with E-state index in [0.29, 0.717) is 21.9 Å². The second-order valence-electron chi connectivity index (χ2n) is 8.88. The van der Waals surface area contributed by atoms with Crippen molar-refractivity contribution in [2.75, 3.05) is 0 Å². The van der Waals surface area contributed by atoms with E-state index in [0.717, 1.165) is 27.9 Å². The summed E-state index contributed by atoms with van der Waals surface area (Å²) in [4.78, 5) is -0.446. The monoisotopic (exact) mass is 460 g/mol. The quantitative estimate of drug-likeness (QED) is 0.702. The first-order valence-electron chi connectivity index (χ1n) is 10.9.